The maximum atomic E-state index is 10.4. The third-order valence-electron chi connectivity index (χ3n) is 1.21. The van der Waals surface area contributed by atoms with Gasteiger partial charge in [0.15, 0.2) is 0 Å². The molecule has 0 radical (unpaired) electrons. The second-order valence-corrected chi connectivity index (χ2v) is 3.08. The summed E-state index contributed by atoms with van der Waals surface area (Å²) in [4.78, 5) is 10.4. The number of thioether (sulfide) groups is 1. The monoisotopic (exact) mass is 148 g/mol. The minimum absolute atomic E-state index is 0.113. The smallest absolute Gasteiger partial charge is 0.235 e. The normalized spacial score (nSPS) is 16.8. The molecule has 0 bridgehead atoms. The lowest BCUT2D eigenvalue weighted by atomic mass is 10.2. The van der Waals surface area contributed by atoms with E-state index >= 15 is 0 Å². The fraction of sp³-hybridized carbons (Fsp3) is 0.800. The van der Waals surface area contributed by atoms with Crippen molar-refractivity contribution in [1.82, 2.24) is 0 Å². The van der Waals surface area contributed by atoms with Crippen LogP contribution in [0.1, 0.15) is 6.92 Å². The summed E-state index contributed by atoms with van der Waals surface area (Å²) >= 11 is 1.54. The molecule has 3 nitrogen and oxygen atoms in total. The molecule has 0 aliphatic heterocycles. The third-order valence-corrected chi connectivity index (χ3v) is 2.24. The summed E-state index contributed by atoms with van der Waals surface area (Å²) in [6, 6.07) is -0.514. The van der Waals surface area contributed by atoms with E-state index in [4.69, 9.17) is 11.5 Å². The standard InChI is InChI=1S/C5H12N2OS/c1-3(9-2)4(6)5(7)8/h3-4H,6H2,1-2H3,(H2,7,8). The SMILES string of the molecule is CSC(C)C(N)C(N)=O. The average Bonchev–Trinajstić information content (AvgIpc) is 1.84. The number of amides is 1. The summed E-state index contributed by atoms with van der Waals surface area (Å²) in [5.74, 6) is -0.433. The number of hydrogen-bond acceptors (Lipinski definition) is 3. The van der Waals surface area contributed by atoms with Crippen LogP contribution in [-0.4, -0.2) is 23.5 Å². The van der Waals surface area contributed by atoms with Crippen molar-refractivity contribution in [3.8, 4) is 0 Å². The van der Waals surface area contributed by atoms with Gasteiger partial charge in [-0.15, -0.1) is 0 Å². The second kappa shape index (κ2) is 3.74. The zero-order valence-corrected chi connectivity index (χ0v) is 6.44. The molecule has 0 saturated carbocycles. The largest absolute Gasteiger partial charge is 0.368 e. The van der Waals surface area contributed by atoms with Gasteiger partial charge in [0.05, 0.1) is 6.04 Å². The molecular formula is C5H12N2OS. The Bertz CT molecular complexity index is 107. The summed E-state index contributed by atoms with van der Waals surface area (Å²) in [6.45, 7) is 1.88. The Hall–Kier alpha value is -0.220. The van der Waals surface area contributed by atoms with Gasteiger partial charge >= 0.3 is 0 Å². The van der Waals surface area contributed by atoms with Gasteiger partial charge in [0.25, 0.3) is 0 Å². The van der Waals surface area contributed by atoms with Crippen LogP contribution in [0.3, 0.4) is 0 Å². The van der Waals surface area contributed by atoms with Crippen molar-refractivity contribution >= 4 is 17.7 Å². The van der Waals surface area contributed by atoms with Crippen molar-refractivity contribution in [2.45, 2.75) is 18.2 Å². The lowest BCUT2D eigenvalue weighted by Crippen LogP contribution is -2.43. The van der Waals surface area contributed by atoms with Crippen LogP contribution in [0.25, 0.3) is 0 Å². The number of nitrogens with two attached hydrogens (primary N) is 2. The van der Waals surface area contributed by atoms with E-state index < -0.39 is 11.9 Å². The van der Waals surface area contributed by atoms with Gasteiger partial charge < -0.3 is 11.5 Å². The van der Waals surface area contributed by atoms with Crippen LogP contribution in [-0.2, 0) is 4.79 Å². The van der Waals surface area contributed by atoms with Crippen molar-refractivity contribution in [2.24, 2.45) is 11.5 Å². The number of primary amides is 1. The highest BCUT2D eigenvalue weighted by Gasteiger charge is 2.15. The van der Waals surface area contributed by atoms with E-state index in [1.807, 2.05) is 13.2 Å². The predicted molar refractivity (Wildman–Crippen MR) is 40.1 cm³/mol. The zero-order valence-electron chi connectivity index (χ0n) is 5.63. The molecule has 0 aliphatic rings. The van der Waals surface area contributed by atoms with Crippen LogP contribution in [0.15, 0.2) is 0 Å². The third kappa shape index (κ3) is 2.72. The molecule has 4 heteroatoms. The second-order valence-electron chi connectivity index (χ2n) is 1.87. The van der Waals surface area contributed by atoms with Crippen molar-refractivity contribution in [2.75, 3.05) is 6.26 Å². The summed E-state index contributed by atoms with van der Waals surface area (Å²) < 4.78 is 0. The summed E-state index contributed by atoms with van der Waals surface area (Å²) in [7, 11) is 0. The molecule has 4 N–H and O–H groups in total. The Morgan fingerprint density at radius 3 is 2.22 bits per heavy atom. The Morgan fingerprint density at radius 2 is 2.11 bits per heavy atom. The molecule has 2 unspecified atom stereocenters. The topological polar surface area (TPSA) is 69.1 Å². The molecule has 54 valence electrons. The van der Waals surface area contributed by atoms with E-state index in [2.05, 4.69) is 0 Å². The van der Waals surface area contributed by atoms with Crippen LogP contribution < -0.4 is 11.5 Å². The van der Waals surface area contributed by atoms with Crippen LogP contribution in [0.4, 0.5) is 0 Å². The van der Waals surface area contributed by atoms with Gasteiger partial charge in [0, 0.05) is 5.25 Å². The highest BCUT2D eigenvalue weighted by Crippen LogP contribution is 2.07. The molecule has 0 rings (SSSR count). The molecule has 0 aromatic carbocycles. The Balaban J connectivity index is 3.72. The number of hydrogen-bond donors (Lipinski definition) is 2. The average molecular weight is 148 g/mol. The fourth-order valence-electron chi connectivity index (χ4n) is 0.378. The van der Waals surface area contributed by atoms with Crippen LogP contribution in [0.2, 0.25) is 0 Å². The molecule has 0 saturated heterocycles. The number of rotatable bonds is 3. The van der Waals surface area contributed by atoms with Gasteiger partial charge in [-0.1, -0.05) is 6.92 Å². The predicted octanol–water partition coefficient (Wildman–Crippen LogP) is -0.449. The van der Waals surface area contributed by atoms with E-state index in [0.29, 0.717) is 0 Å². The van der Waals surface area contributed by atoms with Crippen molar-refractivity contribution in [3.05, 3.63) is 0 Å². The molecule has 0 fully saturated rings. The highest BCUT2D eigenvalue weighted by atomic mass is 32.2. The van der Waals surface area contributed by atoms with Crippen LogP contribution >= 0.6 is 11.8 Å². The van der Waals surface area contributed by atoms with Gasteiger partial charge in [-0.05, 0) is 6.26 Å². The molecule has 0 aromatic rings. The fourth-order valence-corrected chi connectivity index (χ4v) is 0.805. The maximum absolute atomic E-state index is 10.4. The summed E-state index contributed by atoms with van der Waals surface area (Å²) in [5, 5.41) is 0.113. The first kappa shape index (κ1) is 8.78. The minimum Gasteiger partial charge on any atom is -0.368 e. The molecule has 0 aliphatic carbocycles. The lowest BCUT2D eigenvalue weighted by molar-refractivity contribution is -0.119. The summed E-state index contributed by atoms with van der Waals surface area (Å²) in [5.41, 5.74) is 10.3. The zero-order chi connectivity index (χ0) is 7.44. The van der Waals surface area contributed by atoms with E-state index in [-0.39, 0.29) is 5.25 Å². The van der Waals surface area contributed by atoms with E-state index in [1.165, 1.54) is 11.8 Å². The Kier molecular flexibility index (Phi) is 3.65. The van der Waals surface area contributed by atoms with E-state index in [9.17, 15) is 4.79 Å². The van der Waals surface area contributed by atoms with Gasteiger partial charge in [0.1, 0.15) is 0 Å². The molecule has 0 aromatic heterocycles. The highest BCUT2D eigenvalue weighted by molar-refractivity contribution is 7.99. The van der Waals surface area contributed by atoms with Crippen molar-refractivity contribution in [1.29, 1.82) is 0 Å². The first-order chi connectivity index (χ1) is 4.09. The molecular weight excluding hydrogens is 136 g/mol. The maximum Gasteiger partial charge on any atom is 0.235 e. The van der Waals surface area contributed by atoms with Gasteiger partial charge in [-0.25, -0.2) is 0 Å². The summed E-state index contributed by atoms with van der Waals surface area (Å²) in [6.07, 6.45) is 1.90. The van der Waals surface area contributed by atoms with E-state index in [1.54, 1.807) is 0 Å². The lowest BCUT2D eigenvalue weighted by Gasteiger charge is -2.12. The first-order valence-electron chi connectivity index (χ1n) is 2.67. The molecule has 2 atom stereocenters. The quantitative estimate of drug-likeness (QED) is 0.569. The molecule has 1 amide bonds. The van der Waals surface area contributed by atoms with Crippen molar-refractivity contribution in [3.63, 3.8) is 0 Å². The molecule has 9 heavy (non-hydrogen) atoms. The minimum atomic E-state index is -0.514. The molecule has 0 heterocycles. The number of carbonyl (C=O) groups excluding carboxylic acids is 1. The van der Waals surface area contributed by atoms with Crippen LogP contribution in [0.5, 0.6) is 0 Å². The van der Waals surface area contributed by atoms with Gasteiger partial charge in [-0.2, -0.15) is 11.8 Å². The van der Waals surface area contributed by atoms with Crippen LogP contribution in [0, 0.1) is 0 Å². The first-order valence-corrected chi connectivity index (χ1v) is 3.96. The van der Waals surface area contributed by atoms with E-state index in [0.717, 1.165) is 0 Å². The Labute approximate surface area is 59.2 Å². The van der Waals surface area contributed by atoms with Gasteiger partial charge in [0.2, 0.25) is 5.91 Å². The molecule has 0 spiro atoms. The number of carbonyl (C=O) groups is 1. The van der Waals surface area contributed by atoms with Gasteiger partial charge in [-0.3, -0.25) is 4.79 Å². The van der Waals surface area contributed by atoms with Crippen molar-refractivity contribution < 1.29 is 4.79 Å². The Morgan fingerprint density at radius 1 is 1.67 bits per heavy atom.